The predicted molar refractivity (Wildman–Crippen MR) is 96.4 cm³/mol. The fourth-order valence-corrected chi connectivity index (χ4v) is 2.89. The van der Waals surface area contributed by atoms with Gasteiger partial charge in [0.1, 0.15) is 11.6 Å². The van der Waals surface area contributed by atoms with Gasteiger partial charge in [-0.3, -0.25) is 4.79 Å². The standard InChI is InChI=1S/C18H22FN3O2S/c1-13-11-14(2)22-18(21-13)25-12-17(23)20-9-3-4-10-24-16-7-5-15(19)6-8-16/h5-8,11H,3-4,9-10,12H2,1-2H3,(H,20,23). The van der Waals surface area contributed by atoms with E-state index in [4.69, 9.17) is 4.74 Å². The average Bonchev–Trinajstić information content (AvgIpc) is 2.57. The zero-order valence-corrected chi connectivity index (χ0v) is 15.2. The van der Waals surface area contributed by atoms with Gasteiger partial charge in [-0.1, -0.05) is 11.8 Å². The third-order valence-corrected chi connectivity index (χ3v) is 4.12. The average molecular weight is 363 g/mol. The third-order valence-electron chi connectivity index (χ3n) is 3.27. The fourth-order valence-electron chi connectivity index (χ4n) is 2.11. The van der Waals surface area contributed by atoms with Crippen molar-refractivity contribution >= 4 is 17.7 Å². The van der Waals surface area contributed by atoms with Crippen LogP contribution in [0.5, 0.6) is 5.75 Å². The first-order valence-corrected chi connectivity index (χ1v) is 9.11. The lowest BCUT2D eigenvalue weighted by atomic mass is 10.3. The van der Waals surface area contributed by atoms with Crippen LogP contribution in [0.3, 0.4) is 0 Å². The summed E-state index contributed by atoms with van der Waals surface area (Å²) in [5.41, 5.74) is 1.80. The molecule has 7 heteroatoms. The molecule has 1 aromatic carbocycles. The Morgan fingerprint density at radius 2 is 1.84 bits per heavy atom. The van der Waals surface area contributed by atoms with Crippen molar-refractivity contribution in [1.82, 2.24) is 15.3 Å². The lowest BCUT2D eigenvalue weighted by Crippen LogP contribution is -2.26. The van der Waals surface area contributed by atoms with Gasteiger partial charge in [0, 0.05) is 17.9 Å². The molecule has 0 aliphatic carbocycles. The van der Waals surface area contributed by atoms with Crippen molar-refractivity contribution in [3.63, 3.8) is 0 Å². The van der Waals surface area contributed by atoms with E-state index in [1.165, 1.54) is 23.9 Å². The molecule has 1 aromatic heterocycles. The van der Waals surface area contributed by atoms with Crippen molar-refractivity contribution in [2.45, 2.75) is 31.8 Å². The highest BCUT2D eigenvalue weighted by Crippen LogP contribution is 2.13. The third kappa shape index (κ3) is 7.51. The number of unbranched alkanes of at least 4 members (excludes halogenated alkanes) is 1. The van der Waals surface area contributed by atoms with E-state index in [0.29, 0.717) is 29.8 Å². The van der Waals surface area contributed by atoms with Gasteiger partial charge in [-0.15, -0.1) is 0 Å². The number of nitrogens with zero attached hydrogens (tertiary/aromatic N) is 2. The highest BCUT2D eigenvalue weighted by Gasteiger charge is 2.05. The number of aryl methyl sites for hydroxylation is 2. The molecule has 0 saturated carbocycles. The van der Waals surface area contributed by atoms with Crippen LogP contribution in [0.25, 0.3) is 0 Å². The molecule has 1 N–H and O–H groups in total. The van der Waals surface area contributed by atoms with Gasteiger partial charge in [0.2, 0.25) is 5.91 Å². The lowest BCUT2D eigenvalue weighted by Gasteiger charge is -2.07. The van der Waals surface area contributed by atoms with Crippen molar-refractivity contribution < 1.29 is 13.9 Å². The Morgan fingerprint density at radius 1 is 1.16 bits per heavy atom. The molecule has 0 aliphatic rings. The Hall–Kier alpha value is -2.15. The number of benzene rings is 1. The first-order valence-electron chi connectivity index (χ1n) is 8.13. The monoisotopic (exact) mass is 363 g/mol. The smallest absolute Gasteiger partial charge is 0.230 e. The van der Waals surface area contributed by atoms with E-state index in [2.05, 4.69) is 15.3 Å². The normalized spacial score (nSPS) is 10.5. The number of thioether (sulfide) groups is 1. The maximum atomic E-state index is 12.8. The SMILES string of the molecule is Cc1cc(C)nc(SCC(=O)NCCCCOc2ccc(F)cc2)n1. The van der Waals surface area contributed by atoms with E-state index in [1.54, 1.807) is 12.1 Å². The summed E-state index contributed by atoms with van der Waals surface area (Å²) < 4.78 is 18.3. The molecule has 0 aliphatic heterocycles. The van der Waals surface area contributed by atoms with Crippen LogP contribution in [0.4, 0.5) is 4.39 Å². The zero-order chi connectivity index (χ0) is 18.1. The minimum Gasteiger partial charge on any atom is -0.494 e. The Bertz CT molecular complexity index is 675. The lowest BCUT2D eigenvalue weighted by molar-refractivity contribution is -0.118. The first-order chi connectivity index (χ1) is 12.0. The van der Waals surface area contributed by atoms with Crippen molar-refractivity contribution in [3.05, 3.63) is 47.5 Å². The second-order valence-corrected chi connectivity index (χ2v) is 6.52. The van der Waals surface area contributed by atoms with Gasteiger partial charge >= 0.3 is 0 Å². The number of aromatic nitrogens is 2. The molecule has 25 heavy (non-hydrogen) atoms. The Morgan fingerprint density at radius 3 is 2.52 bits per heavy atom. The summed E-state index contributed by atoms with van der Waals surface area (Å²) in [5, 5.41) is 3.49. The molecule has 2 aromatic rings. The molecule has 0 fully saturated rings. The van der Waals surface area contributed by atoms with Crippen LogP contribution < -0.4 is 10.1 Å². The molecule has 5 nitrogen and oxygen atoms in total. The molecule has 134 valence electrons. The highest BCUT2D eigenvalue weighted by atomic mass is 32.2. The van der Waals surface area contributed by atoms with Gasteiger partial charge in [-0.05, 0) is 57.0 Å². The molecule has 1 amide bonds. The second-order valence-electron chi connectivity index (χ2n) is 5.58. The van der Waals surface area contributed by atoms with Crippen LogP contribution in [0.1, 0.15) is 24.2 Å². The summed E-state index contributed by atoms with van der Waals surface area (Å²) in [4.78, 5) is 20.4. The molecular weight excluding hydrogens is 341 g/mol. The van der Waals surface area contributed by atoms with Crippen molar-refractivity contribution in [2.24, 2.45) is 0 Å². The summed E-state index contributed by atoms with van der Waals surface area (Å²) in [5.74, 6) is 0.635. The van der Waals surface area contributed by atoms with E-state index in [-0.39, 0.29) is 11.7 Å². The summed E-state index contributed by atoms with van der Waals surface area (Å²) in [6, 6.07) is 7.84. The molecule has 0 saturated heterocycles. The van der Waals surface area contributed by atoms with Gasteiger partial charge < -0.3 is 10.1 Å². The molecule has 0 bridgehead atoms. The Labute approximate surface area is 151 Å². The van der Waals surface area contributed by atoms with Gasteiger partial charge in [0.25, 0.3) is 0 Å². The number of hydrogen-bond donors (Lipinski definition) is 1. The van der Waals surface area contributed by atoms with Crippen LogP contribution in [-0.2, 0) is 4.79 Å². The molecule has 1 heterocycles. The molecule has 2 rings (SSSR count). The quantitative estimate of drug-likeness (QED) is 0.421. The van der Waals surface area contributed by atoms with E-state index in [9.17, 15) is 9.18 Å². The minimum atomic E-state index is -0.279. The number of carbonyl (C=O) groups excluding carboxylic acids is 1. The van der Waals surface area contributed by atoms with Crippen molar-refractivity contribution in [1.29, 1.82) is 0 Å². The maximum absolute atomic E-state index is 12.8. The topological polar surface area (TPSA) is 64.1 Å². The van der Waals surface area contributed by atoms with Crippen LogP contribution in [0.2, 0.25) is 0 Å². The molecular formula is C18H22FN3O2S. The van der Waals surface area contributed by atoms with E-state index in [0.717, 1.165) is 24.2 Å². The summed E-state index contributed by atoms with van der Waals surface area (Å²) in [6.07, 6.45) is 1.63. The number of hydrogen-bond acceptors (Lipinski definition) is 5. The minimum absolute atomic E-state index is 0.0350. The molecule has 0 radical (unpaired) electrons. The first kappa shape index (κ1) is 19.2. The fraction of sp³-hybridized carbons (Fsp3) is 0.389. The van der Waals surface area contributed by atoms with Crippen molar-refractivity contribution in [2.75, 3.05) is 18.9 Å². The zero-order valence-electron chi connectivity index (χ0n) is 14.4. The Balaban J connectivity index is 1.55. The number of rotatable bonds is 9. The molecule has 0 spiro atoms. The predicted octanol–water partition coefficient (Wildman–Crippen LogP) is 3.30. The highest BCUT2D eigenvalue weighted by molar-refractivity contribution is 7.99. The van der Waals surface area contributed by atoms with E-state index in [1.807, 2.05) is 19.9 Å². The van der Waals surface area contributed by atoms with Crippen LogP contribution >= 0.6 is 11.8 Å². The second kappa shape index (κ2) is 9.98. The van der Waals surface area contributed by atoms with Crippen LogP contribution in [-0.4, -0.2) is 34.8 Å². The molecule has 0 unspecified atom stereocenters. The Kier molecular flexibility index (Phi) is 7.66. The van der Waals surface area contributed by atoms with Gasteiger partial charge in [0.15, 0.2) is 5.16 Å². The number of amides is 1. The number of halogens is 1. The molecule has 0 atom stereocenters. The van der Waals surface area contributed by atoms with Crippen LogP contribution in [0, 0.1) is 19.7 Å². The van der Waals surface area contributed by atoms with Crippen molar-refractivity contribution in [3.8, 4) is 5.75 Å². The van der Waals surface area contributed by atoms with E-state index < -0.39 is 0 Å². The van der Waals surface area contributed by atoms with E-state index >= 15 is 0 Å². The summed E-state index contributed by atoms with van der Waals surface area (Å²) >= 11 is 1.33. The van der Waals surface area contributed by atoms with Gasteiger partial charge in [-0.2, -0.15) is 0 Å². The number of ether oxygens (including phenoxy) is 1. The summed E-state index contributed by atoms with van der Waals surface area (Å²) in [7, 11) is 0. The largest absolute Gasteiger partial charge is 0.494 e. The maximum Gasteiger partial charge on any atom is 0.230 e. The van der Waals surface area contributed by atoms with Gasteiger partial charge in [0.05, 0.1) is 12.4 Å². The summed E-state index contributed by atoms with van der Waals surface area (Å²) in [6.45, 7) is 4.95. The van der Waals surface area contributed by atoms with Crippen LogP contribution in [0.15, 0.2) is 35.5 Å². The number of carbonyl (C=O) groups is 1. The van der Waals surface area contributed by atoms with Gasteiger partial charge in [-0.25, -0.2) is 14.4 Å². The number of nitrogens with one attached hydrogen (secondary N) is 1.